The standard InChI is InChI=1S/C15H16FN5O2/c1-8(2)5-6-17-14(22)12-13-15(23)18-10-7-9(16)3-4-11(10)21(13)20-19-12/h3-4,7-8H,5-6H2,1-2H3,(H,17,22)(H,18,23). The van der Waals surface area contributed by atoms with Crippen LogP contribution in [0.25, 0.3) is 16.6 Å². The number of hydrogen-bond acceptors (Lipinski definition) is 4. The summed E-state index contributed by atoms with van der Waals surface area (Å²) in [6.45, 7) is 4.59. The molecule has 3 rings (SSSR count). The number of benzene rings is 1. The number of aromatic amines is 1. The Balaban J connectivity index is 2.05. The van der Waals surface area contributed by atoms with E-state index in [-0.39, 0.29) is 11.2 Å². The van der Waals surface area contributed by atoms with Gasteiger partial charge in [0.15, 0.2) is 11.2 Å². The number of nitrogens with zero attached hydrogens (tertiary/aromatic N) is 3. The molecule has 2 N–H and O–H groups in total. The van der Waals surface area contributed by atoms with Crippen molar-refractivity contribution in [1.82, 2.24) is 25.1 Å². The maximum atomic E-state index is 13.3. The number of carbonyl (C=O) groups is 1. The second kappa shape index (κ2) is 5.79. The third-order valence-electron chi connectivity index (χ3n) is 3.54. The predicted octanol–water partition coefficient (Wildman–Crippen LogP) is 1.49. The number of H-pyrrole nitrogens is 1. The van der Waals surface area contributed by atoms with E-state index in [0.717, 1.165) is 6.42 Å². The molecule has 8 heteroatoms. The van der Waals surface area contributed by atoms with Crippen LogP contribution in [0.4, 0.5) is 4.39 Å². The highest BCUT2D eigenvalue weighted by atomic mass is 19.1. The topological polar surface area (TPSA) is 92.2 Å². The van der Waals surface area contributed by atoms with Crippen LogP contribution in [0.3, 0.4) is 0 Å². The molecular formula is C15H16FN5O2. The van der Waals surface area contributed by atoms with Gasteiger partial charge in [-0.3, -0.25) is 9.59 Å². The van der Waals surface area contributed by atoms with Gasteiger partial charge in [0.25, 0.3) is 11.5 Å². The number of rotatable bonds is 4. The number of nitrogens with one attached hydrogen (secondary N) is 2. The minimum absolute atomic E-state index is 0.0405. The number of aromatic nitrogens is 4. The molecule has 2 heterocycles. The Morgan fingerprint density at radius 2 is 2.22 bits per heavy atom. The molecule has 0 saturated heterocycles. The van der Waals surface area contributed by atoms with Crippen molar-refractivity contribution in [3.05, 3.63) is 40.1 Å². The Kier molecular flexibility index (Phi) is 3.81. The monoisotopic (exact) mass is 317 g/mol. The Hall–Kier alpha value is -2.77. The van der Waals surface area contributed by atoms with Crippen LogP contribution in [-0.2, 0) is 0 Å². The lowest BCUT2D eigenvalue weighted by molar-refractivity contribution is 0.0948. The zero-order valence-corrected chi connectivity index (χ0v) is 12.8. The van der Waals surface area contributed by atoms with Gasteiger partial charge in [0.2, 0.25) is 0 Å². The summed E-state index contributed by atoms with van der Waals surface area (Å²) in [5, 5.41) is 10.4. The van der Waals surface area contributed by atoms with Gasteiger partial charge in [-0.1, -0.05) is 19.1 Å². The van der Waals surface area contributed by atoms with Gasteiger partial charge in [-0.15, -0.1) is 5.10 Å². The zero-order chi connectivity index (χ0) is 16.6. The SMILES string of the molecule is CC(C)CCNC(=O)c1nnn2c1c(=O)[nH]c1cc(F)ccc12. The highest BCUT2D eigenvalue weighted by Gasteiger charge is 2.19. The van der Waals surface area contributed by atoms with Crippen molar-refractivity contribution in [2.75, 3.05) is 6.54 Å². The first-order valence-corrected chi connectivity index (χ1v) is 7.32. The summed E-state index contributed by atoms with van der Waals surface area (Å²) in [5.41, 5.74) is 0.225. The van der Waals surface area contributed by atoms with Gasteiger partial charge < -0.3 is 10.3 Å². The van der Waals surface area contributed by atoms with E-state index in [1.54, 1.807) is 0 Å². The second-order valence-corrected chi connectivity index (χ2v) is 5.75. The Morgan fingerprint density at radius 1 is 1.43 bits per heavy atom. The number of fused-ring (bicyclic) bond motifs is 3. The lowest BCUT2D eigenvalue weighted by Crippen LogP contribution is -2.27. The maximum absolute atomic E-state index is 13.3. The quantitative estimate of drug-likeness (QED) is 0.762. The van der Waals surface area contributed by atoms with Gasteiger partial charge in [-0.05, 0) is 30.5 Å². The largest absolute Gasteiger partial charge is 0.351 e. The van der Waals surface area contributed by atoms with Crippen LogP contribution in [0.5, 0.6) is 0 Å². The third-order valence-corrected chi connectivity index (χ3v) is 3.54. The summed E-state index contributed by atoms with van der Waals surface area (Å²) in [6.07, 6.45) is 0.823. The van der Waals surface area contributed by atoms with Crippen molar-refractivity contribution in [2.24, 2.45) is 5.92 Å². The maximum Gasteiger partial charge on any atom is 0.277 e. The lowest BCUT2D eigenvalue weighted by Gasteiger charge is -2.05. The first-order valence-electron chi connectivity index (χ1n) is 7.32. The smallest absolute Gasteiger partial charge is 0.277 e. The van der Waals surface area contributed by atoms with Crippen molar-refractivity contribution in [2.45, 2.75) is 20.3 Å². The van der Waals surface area contributed by atoms with Crippen molar-refractivity contribution >= 4 is 22.5 Å². The van der Waals surface area contributed by atoms with Crippen molar-refractivity contribution in [1.29, 1.82) is 0 Å². The van der Waals surface area contributed by atoms with Crippen molar-refractivity contribution in [3.63, 3.8) is 0 Å². The molecule has 0 saturated carbocycles. The molecule has 2 aromatic heterocycles. The molecule has 0 aliphatic carbocycles. The van der Waals surface area contributed by atoms with Gasteiger partial charge >= 0.3 is 0 Å². The first kappa shape index (κ1) is 15.1. The molecule has 0 atom stereocenters. The van der Waals surface area contributed by atoms with E-state index >= 15 is 0 Å². The summed E-state index contributed by atoms with van der Waals surface area (Å²) >= 11 is 0. The fraction of sp³-hybridized carbons (Fsp3) is 0.333. The number of carbonyl (C=O) groups excluding carboxylic acids is 1. The molecule has 0 bridgehead atoms. The van der Waals surface area contributed by atoms with E-state index in [9.17, 15) is 14.0 Å². The lowest BCUT2D eigenvalue weighted by atomic mass is 10.1. The molecular weight excluding hydrogens is 301 g/mol. The van der Waals surface area contributed by atoms with Crippen LogP contribution in [0.15, 0.2) is 23.0 Å². The number of amides is 1. The molecule has 0 spiro atoms. The molecule has 23 heavy (non-hydrogen) atoms. The Bertz CT molecular complexity index is 944. The highest BCUT2D eigenvalue weighted by molar-refractivity contribution is 5.99. The average Bonchev–Trinajstić information content (AvgIpc) is 2.92. The molecule has 3 aromatic rings. The van der Waals surface area contributed by atoms with E-state index in [1.807, 2.05) is 0 Å². The molecule has 0 radical (unpaired) electrons. The average molecular weight is 317 g/mol. The molecule has 1 aromatic carbocycles. The summed E-state index contributed by atoms with van der Waals surface area (Å²) < 4.78 is 14.5. The summed E-state index contributed by atoms with van der Waals surface area (Å²) in [6, 6.07) is 3.92. The minimum atomic E-state index is -0.540. The molecule has 0 aliphatic rings. The van der Waals surface area contributed by atoms with Crippen LogP contribution in [0, 0.1) is 11.7 Å². The number of hydrogen-bond donors (Lipinski definition) is 2. The van der Waals surface area contributed by atoms with E-state index in [2.05, 4.69) is 34.5 Å². The van der Waals surface area contributed by atoms with E-state index < -0.39 is 17.3 Å². The highest BCUT2D eigenvalue weighted by Crippen LogP contribution is 2.14. The fourth-order valence-electron chi connectivity index (χ4n) is 2.34. The molecule has 7 nitrogen and oxygen atoms in total. The first-order chi connectivity index (χ1) is 11.0. The van der Waals surface area contributed by atoms with Crippen LogP contribution in [0.2, 0.25) is 0 Å². The summed E-state index contributed by atoms with van der Waals surface area (Å²) in [7, 11) is 0. The van der Waals surface area contributed by atoms with Gasteiger partial charge in [0.05, 0.1) is 11.0 Å². The van der Waals surface area contributed by atoms with Crippen LogP contribution in [-0.4, -0.2) is 32.3 Å². The normalized spacial score (nSPS) is 11.5. The van der Waals surface area contributed by atoms with Crippen molar-refractivity contribution < 1.29 is 9.18 Å². The Morgan fingerprint density at radius 3 is 2.96 bits per heavy atom. The van der Waals surface area contributed by atoms with E-state index in [1.165, 1.54) is 22.7 Å². The molecule has 0 aliphatic heterocycles. The Labute approximate surface area is 130 Å². The van der Waals surface area contributed by atoms with Gasteiger partial charge in [-0.2, -0.15) is 0 Å². The van der Waals surface area contributed by atoms with Crippen LogP contribution < -0.4 is 10.9 Å². The molecule has 0 fully saturated rings. The van der Waals surface area contributed by atoms with Crippen LogP contribution in [0.1, 0.15) is 30.8 Å². The van der Waals surface area contributed by atoms with Crippen molar-refractivity contribution in [3.8, 4) is 0 Å². The zero-order valence-electron chi connectivity index (χ0n) is 12.8. The third kappa shape index (κ3) is 2.79. The second-order valence-electron chi connectivity index (χ2n) is 5.75. The van der Waals surface area contributed by atoms with E-state index in [4.69, 9.17) is 0 Å². The molecule has 1 amide bonds. The fourth-order valence-corrected chi connectivity index (χ4v) is 2.34. The van der Waals surface area contributed by atoms with E-state index in [0.29, 0.717) is 23.5 Å². The molecule has 0 unspecified atom stereocenters. The van der Waals surface area contributed by atoms with Crippen LogP contribution >= 0.6 is 0 Å². The van der Waals surface area contributed by atoms with Gasteiger partial charge in [0.1, 0.15) is 5.82 Å². The summed E-state index contributed by atoms with van der Waals surface area (Å²) in [5.74, 6) is -0.471. The van der Waals surface area contributed by atoms with Gasteiger partial charge in [-0.25, -0.2) is 8.91 Å². The molecule has 120 valence electrons. The van der Waals surface area contributed by atoms with Gasteiger partial charge in [0, 0.05) is 6.54 Å². The minimum Gasteiger partial charge on any atom is -0.351 e. The summed E-state index contributed by atoms with van der Waals surface area (Å²) in [4.78, 5) is 27.0. The number of halogens is 1. The predicted molar refractivity (Wildman–Crippen MR) is 82.9 cm³/mol.